The lowest BCUT2D eigenvalue weighted by molar-refractivity contribution is 0.0764. The van der Waals surface area contributed by atoms with Crippen LogP contribution in [0.1, 0.15) is 20.3 Å². The van der Waals surface area contributed by atoms with Gasteiger partial charge in [-0.3, -0.25) is 0 Å². The van der Waals surface area contributed by atoms with Crippen molar-refractivity contribution in [2.45, 2.75) is 32.7 Å². The molecule has 2 unspecified atom stereocenters. The first-order chi connectivity index (χ1) is 8.02. The first kappa shape index (κ1) is 14.2. The third-order valence-electron chi connectivity index (χ3n) is 2.75. The molecule has 1 amide bonds. The number of alkyl halides is 2. The van der Waals surface area contributed by atoms with Crippen molar-refractivity contribution in [1.82, 2.24) is 10.2 Å². The van der Waals surface area contributed by atoms with E-state index in [1.165, 1.54) is 0 Å². The van der Waals surface area contributed by atoms with Crippen LogP contribution in [0.25, 0.3) is 0 Å². The molecule has 0 aromatic heterocycles. The molecule has 1 heterocycles. The highest BCUT2D eigenvalue weighted by Gasteiger charge is 2.28. The van der Waals surface area contributed by atoms with Gasteiger partial charge < -0.3 is 15.0 Å². The highest BCUT2D eigenvalue weighted by Crippen LogP contribution is 2.17. The van der Waals surface area contributed by atoms with E-state index in [-0.39, 0.29) is 18.7 Å². The van der Waals surface area contributed by atoms with Crippen LogP contribution in [0.4, 0.5) is 13.6 Å². The Morgan fingerprint density at radius 3 is 2.82 bits per heavy atom. The number of carbonyl (C=O) groups is 1. The molecule has 100 valence electrons. The van der Waals surface area contributed by atoms with Crippen molar-refractivity contribution in [2.24, 2.45) is 5.92 Å². The van der Waals surface area contributed by atoms with Crippen molar-refractivity contribution in [3.05, 3.63) is 0 Å². The largest absolute Gasteiger partial charge is 0.450 e. The van der Waals surface area contributed by atoms with E-state index in [2.05, 4.69) is 5.32 Å². The quantitative estimate of drug-likeness (QED) is 0.826. The molecule has 0 bridgehead atoms. The first-order valence-corrected chi connectivity index (χ1v) is 5.96. The molecule has 1 saturated heterocycles. The molecular weight excluding hydrogens is 230 g/mol. The van der Waals surface area contributed by atoms with Gasteiger partial charge in [0.05, 0.1) is 13.2 Å². The molecule has 0 saturated carbocycles. The number of nitrogens with zero attached hydrogens (tertiary/aromatic N) is 1. The summed E-state index contributed by atoms with van der Waals surface area (Å²) in [5.74, 6) is 0.295. The minimum Gasteiger partial charge on any atom is -0.450 e. The second kappa shape index (κ2) is 6.74. The smallest absolute Gasteiger partial charge is 0.409 e. The lowest BCUT2D eigenvalue weighted by Crippen LogP contribution is -2.51. The monoisotopic (exact) mass is 250 g/mol. The minimum atomic E-state index is -2.36. The van der Waals surface area contributed by atoms with Crippen LogP contribution in [0.5, 0.6) is 0 Å². The van der Waals surface area contributed by atoms with Gasteiger partial charge in [0.15, 0.2) is 0 Å². The van der Waals surface area contributed by atoms with Crippen molar-refractivity contribution in [2.75, 3.05) is 26.2 Å². The molecule has 0 aromatic rings. The van der Waals surface area contributed by atoms with Gasteiger partial charge in [0.25, 0.3) is 6.43 Å². The fourth-order valence-corrected chi connectivity index (χ4v) is 2.12. The van der Waals surface area contributed by atoms with Crippen molar-refractivity contribution in [3.8, 4) is 0 Å². The van der Waals surface area contributed by atoms with Crippen LogP contribution in [0.3, 0.4) is 0 Å². The Hall–Kier alpha value is -0.910. The number of piperidine rings is 1. The number of amides is 1. The van der Waals surface area contributed by atoms with Crippen LogP contribution < -0.4 is 5.32 Å². The van der Waals surface area contributed by atoms with Crippen molar-refractivity contribution >= 4 is 6.09 Å². The van der Waals surface area contributed by atoms with Gasteiger partial charge in [0.1, 0.15) is 0 Å². The van der Waals surface area contributed by atoms with Gasteiger partial charge in [-0.25, -0.2) is 13.6 Å². The fourth-order valence-electron chi connectivity index (χ4n) is 2.12. The molecule has 1 N–H and O–H groups in total. The number of nitrogens with one attached hydrogen (secondary N) is 1. The van der Waals surface area contributed by atoms with E-state index in [0.717, 1.165) is 6.42 Å². The standard InChI is InChI=1S/C11H20F2N2O2/c1-3-17-11(16)15-6-8(2)4-9(7-15)14-5-10(12)13/h8-10,14H,3-7H2,1-2H3. The SMILES string of the molecule is CCOC(=O)N1CC(C)CC(NCC(F)F)C1. The molecule has 1 fully saturated rings. The zero-order valence-corrected chi connectivity index (χ0v) is 10.3. The highest BCUT2D eigenvalue weighted by molar-refractivity contribution is 5.67. The molecular formula is C11H20F2N2O2. The number of likely N-dealkylation sites (tertiary alicyclic amines) is 1. The Morgan fingerprint density at radius 2 is 2.24 bits per heavy atom. The number of rotatable bonds is 4. The van der Waals surface area contributed by atoms with Gasteiger partial charge >= 0.3 is 6.09 Å². The maximum Gasteiger partial charge on any atom is 0.409 e. The number of ether oxygens (including phenoxy) is 1. The van der Waals surface area contributed by atoms with Crippen LogP contribution >= 0.6 is 0 Å². The lowest BCUT2D eigenvalue weighted by atomic mass is 9.96. The summed E-state index contributed by atoms with van der Waals surface area (Å²) in [6, 6.07) is -0.0721. The van der Waals surface area contributed by atoms with E-state index in [9.17, 15) is 13.6 Å². The minimum absolute atomic E-state index is 0.0721. The van der Waals surface area contributed by atoms with Crippen LogP contribution in [0, 0.1) is 5.92 Å². The summed E-state index contributed by atoms with van der Waals surface area (Å²) in [5.41, 5.74) is 0. The van der Waals surface area contributed by atoms with E-state index in [1.54, 1.807) is 11.8 Å². The molecule has 0 aliphatic carbocycles. The van der Waals surface area contributed by atoms with Gasteiger partial charge in [-0.15, -0.1) is 0 Å². The van der Waals surface area contributed by atoms with Crippen molar-refractivity contribution < 1.29 is 18.3 Å². The molecule has 0 radical (unpaired) electrons. The predicted octanol–water partition coefficient (Wildman–Crippen LogP) is 1.71. The summed E-state index contributed by atoms with van der Waals surface area (Å²) in [5, 5.41) is 2.78. The molecule has 0 spiro atoms. The van der Waals surface area contributed by atoms with Crippen LogP contribution in [-0.4, -0.2) is 49.7 Å². The number of halogens is 2. The Kier molecular flexibility index (Phi) is 5.61. The third-order valence-corrected chi connectivity index (χ3v) is 2.75. The maximum atomic E-state index is 12.1. The fraction of sp³-hybridized carbons (Fsp3) is 0.909. The van der Waals surface area contributed by atoms with E-state index >= 15 is 0 Å². The molecule has 2 atom stereocenters. The van der Waals surface area contributed by atoms with Gasteiger partial charge in [-0.05, 0) is 19.3 Å². The highest BCUT2D eigenvalue weighted by atomic mass is 19.3. The summed E-state index contributed by atoms with van der Waals surface area (Å²) in [4.78, 5) is 13.1. The van der Waals surface area contributed by atoms with Crippen LogP contribution in [0.15, 0.2) is 0 Å². The van der Waals surface area contributed by atoms with Gasteiger partial charge in [0, 0.05) is 19.1 Å². The van der Waals surface area contributed by atoms with Crippen LogP contribution in [-0.2, 0) is 4.74 Å². The second-order valence-corrected chi connectivity index (χ2v) is 4.44. The third kappa shape index (κ3) is 4.85. The van der Waals surface area contributed by atoms with E-state index in [1.807, 2.05) is 6.92 Å². The summed E-state index contributed by atoms with van der Waals surface area (Å²) < 4.78 is 29.1. The van der Waals surface area contributed by atoms with E-state index in [0.29, 0.717) is 25.6 Å². The maximum absolute atomic E-state index is 12.1. The van der Waals surface area contributed by atoms with Gasteiger partial charge in [0.2, 0.25) is 0 Å². The van der Waals surface area contributed by atoms with E-state index in [4.69, 9.17) is 4.74 Å². The number of hydrogen-bond donors (Lipinski definition) is 1. The summed E-state index contributed by atoms with van der Waals surface area (Å²) in [7, 11) is 0. The molecule has 1 aliphatic heterocycles. The normalized spacial score (nSPS) is 25.1. The first-order valence-electron chi connectivity index (χ1n) is 5.96. The van der Waals surface area contributed by atoms with Crippen molar-refractivity contribution in [3.63, 3.8) is 0 Å². The molecule has 1 rings (SSSR count). The zero-order chi connectivity index (χ0) is 12.8. The Labute approximate surface area is 100 Å². The Bertz CT molecular complexity index is 252. The molecule has 0 aromatic carbocycles. The lowest BCUT2D eigenvalue weighted by Gasteiger charge is -2.36. The average Bonchev–Trinajstić information content (AvgIpc) is 2.26. The van der Waals surface area contributed by atoms with Gasteiger partial charge in [-0.1, -0.05) is 6.92 Å². The van der Waals surface area contributed by atoms with E-state index < -0.39 is 6.43 Å². The average molecular weight is 250 g/mol. The zero-order valence-electron chi connectivity index (χ0n) is 10.3. The molecule has 17 heavy (non-hydrogen) atoms. The Morgan fingerprint density at radius 1 is 1.53 bits per heavy atom. The number of carbonyl (C=O) groups excluding carboxylic acids is 1. The molecule has 1 aliphatic rings. The number of hydrogen-bond acceptors (Lipinski definition) is 3. The predicted molar refractivity (Wildman–Crippen MR) is 60.2 cm³/mol. The summed E-state index contributed by atoms with van der Waals surface area (Å²) >= 11 is 0. The topological polar surface area (TPSA) is 41.6 Å². The Balaban J connectivity index is 2.44. The second-order valence-electron chi connectivity index (χ2n) is 4.44. The molecule has 4 nitrogen and oxygen atoms in total. The molecule has 6 heteroatoms. The van der Waals surface area contributed by atoms with Crippen molar-refractivity contribution in [1.29, 1.82) is 0 Å². The van der Waals surface area contributed by atoms with Crippen LogP contribution in [0.2, 0.25) is 0 Å². The van der Waals surface area contributed by atoms with Gasteiger partial charge in [-0.2, -0.15) is 0 Å². The summed E-state index contributed by atoms with van der Waals surface area (Å²) in [6.45, 7) is 4.83. The summed E-state index contributed by atoms with van der Waals surface area (Å²) in [6.07, 6.45) is -1.91.